The van der Waals surface area contributed by atoms with Gasteiger partial charge in [0.2, 0.25) is 0 Å². The molecule has 1 rings (SSSR count). The van der Waals surface area contributed by atoms with Crippen molar-refractivity contribution in [3.63, 3.8) is 0 Å². The Labute approximate surface area is 108 Å². The van der Waals surface area contributed by atoms with Crippen molar-refractivity contribution in [1.82, 2.24) is 0 Å². The van der Waals surface area contributed by atoms with E-state index in [4.69, 9.17) is 23.2 Å². The van der Waals surface area contributed by atoms with Crippen LogP contribution in [0.1, 0.15) is 38.2 Å². The van der Waals surface area contributed by atoms with Crippen molar-refractivity contribution in [1.29, 1.82) is 0 Å². The van der Waals surface area contributed by atoms with Crippen molar-refractivity contribution < 1.29 is 5.32 Å². The lowest BCUT2D eigenvalue weighted by atomic mass is 10.2. The van der Waals surface area contributed by atoms with E-state index in [9.17, 15) is 0 Å². The minimum atomic E-state index is 0.775. The first-order valence-electron chi connectivity index (χ1n) is 6.00. The average Bonchev–Trinajstić information content (AvgIpc) is 2.26. The molecule has 90 valence electrons. The standard InChI is InChI=1S/C13H19Cl2N/c1-2-3-4-5-9-16-10-11-12(14)7-6-8-13(11)15/h6-8,16H,2-5,9-10H2,1H3/p+1. The molecule has 0 aromatic heterocycles. The van der Waals surface area contributed by atoms with Crippen molar-refractivity contribution in [2.75, 3.05) is 6.54 Å². The zero-order chi connectivity index (χ0) is 11.8. The van der Waals surface area contributed by atoms with Crippen LogP contribution in [0.3, 0.4) is 0 Å². The molecule has 0 saturated carbocycles. The van der Waals surface area contributed by atoms with Gasteiger partial charge >= 0.3 is 0 Å². The number of hydrogen-bond donors (Lipinski definition) is 1. The maximum absolute atomic E-state index is 6.09. The quantitative estimate of drug-likeness (QED) is 0.722. The number of quaternary nitrogens is 1. The highest BCUT2D eigenvalue weighted by Gasteiger charge is 2.06. The maximum Gasteiger partial charge on any atom is 0.104 e. The van der Waals surface area contributed by atoms with Crippen molar-refractivity contribution >= 4 is 23.2 Å². The monoisotopic (exact) mass is 260 g/mol. The molecule has 2 N–H and O–H groups in total. The van der Waals surface area contributed by atoms with Crippen LogP contribution in [0, 0.1) is 0 Å². The Bertz CT molecular complexity index is 293. The van der Waals surface area contributed by atoms with Gasteiger partial charge in [0.1, 0.15) is 6.54 Å². The molecule has 1 aromatic carbocycles. The van der Waals surface area contributed by atoms with E-state index in [1.54, 1.807) is 0 Å². The van der Waals surface area contributed by atoms with Crippen LogP contribution in [-0.2, 0) is 6.54 Å². The molecule has 0 unspecified atom stereocenters. The van der Waals surface area contributed by atoms with Crippen molar-refractivity contribution in [2.45, 2.75) is 39.2 Å². The van der Waals surface area contributed by atoms with Crippen LogP contribution in [0.2, 0.25) is 10.0 Å². The third-order valence-electron chi connectivity index (χ3n) is 2.67. The number of benzene rings is 1. The molecule has 0 atom stereocenters. The Kier molecular flexibility index (Phi) is 6.86. The van der Waals surface area contributed by atoms with Gasteiger partial charge in [-0.1, -0.05) is 49.0 Å². The molecule has 0 radical (unpaired) electrons. The Balaban J connectivity index is 2.26. The molecule has 0 bridgehead atoms. The van der Waals surface area contributed by atoms with E-state index in [0.717, 1.165) is 28.7 Å². The SMILES string of the molecule is CCCCCC[NH2+]Cc1c(Cl)cccc1Cl. The predicted molar refractivity (Wildman–Crippen MR) is 71.1 cm³/mol. The summed E-state index contributed by atoms with van der Waals surface area (Å²) < 4.78 is 0. The predicted octanol–water partition coefficient (Wildman–Crippen LogP) is 3.64. The fourth-order valence-corrected chi connectivity index (χ4v) is 2.24. The third-order valence-corrected chi connectivity index (χ3v) is 3.38. The summed E-state index contributed by atoms with van der Waals surface area (Å²) in [6.45, 7) is 4.26. The topological polar surface area (TPSA) is 16.6 Å². The Morgan fingerprint density at radius 2 is 1.75 bits per heavy atom. The van der Waals surface area contributed by atoms with Gasteiger partial charge < -0.3 is 5.32 Å². The van der Waals surface area contributed by atoms with Gasteiger partial charge in [0, 0.05) is 5.56 Å². The summed E-state index contributed by atoms with van der Waals surface area (Å²) in [5.74, 6) is 0. The summed E-state index contributed by atoms with van der Waals surface area (Å²) >= 11 is 12.2. The first kappa shape index (κ1) is 13.8. The summed E-state index contributed by atoms with van der Waals surface area (Å²) in [6, 6.07) is 5.68. The van der Waals surface area contributed by atoms with Crippen LogP contribution >= 0.6 is 23.2 Å². The third kappa shape index (κ3) is 4.73. The second-order valence-corrected chi connectivity index (χ2v) is 4.86. The Morgan fingerprint density at radius 1 is 1.06 bits per heavy atom. The van der Waals surface area contributed by atoms with Crippen LogP contribution in [0.25, 0.3) is 0 Å². The summed E-state index contributed by atoms with van der Waals surface area (Å²) in [4.78, 5) is 0. The zero-order valence-corrected chi connectivity index (χ0v) is 11.3. The molecule has 0 heterocycles. The molecule has 3 heteroatoms. The summed E-state index contributed by atoms with van der Waals surface area (Å²) in [7, 11) is 0. The lowest BCUT2D eigenvalue weighted by Crippen LogP contribution is -2.82. The molecular weight excluding hydrogens is 241 g/mol. The highest BCUT2D eigenvalue weighted by molar-refractivity contribution is 6.35. The van der Waals surface area contributed by atoms with Crippen molar-refractivity contribution in [3.05, 3.63) is 33.8 Å². The Hall–Kier alpha value is -0.240. The van der Waals surface area contributed by atoms with Crippen LogP contribution in [0.4, 0.5) is 0 Å². The van der Waals surface area contributed by atoms with E-state index in [1.165, 1.54) is 25.7 Å². The molecule has 1 nitrogen and oxygen atoms in total. The smallest absolute Gasteiger partial charge is 0.104 e. The number of nitrogens with two attached hydrogens (primary N) is 1. The van der Waals surface area contributed by atoms with Crippen molar-refractivity contribution in [2.24, 2.45) is 0 Å². The van der Waals surface area contributed by atoms with E-state index in [0.29, 0.717) is 0 Å². The number of hydrogen-bond acceptors (Lipinski definition) is 0. The second-order valence-electron chi connectivity index (χ2n) is 4.04. The van der Waals surface area contributed by atoms with Gasteiger partial charge in [0.25, 0.3) is 0 Å². The molecule has 0 saturated heterocycles. The average molecular weight is 261 g/mol. The zero-order valence-electron chi connectivity index (χ0n) is 9.81. The fraction of sp³-hybridized carbons (Fsp3) is 0.538. The Morgan fingerprint density at radius 3 is 2.38 bits per heavy atom. The van der Waals surface area contributed by atoms with E-state index in [2.05, 4.69) is 12.2 Å². The van der Waals surface area contributed by atoms with Gasteiger partial charge in [0.15, 0.2) is 0 Å². The van der Waals surface area contributed by atoms with Gasteiger partial charge in [-0.15, -0.1) is 0 Å². The van der Waals surface area contributed by atoms with Crippen molar-refractivity contribution in [3.8, 4) is 0 Å². The largest absolute Gasteiger partial charge is 0.342 e. The van der Waals surface area contributed by atoms with Crippen LogP contribution in [0.15, 0.2) is 18.2 Å². The van der Waals surface area contributed by atoms with E-state index < -0.39 is 0 Å². The van der Waals surface area contributed by atoms with Gasteiger partial charge in [-0.3, -0.25) is 0 Å². The highest BCUT2D eigenvalue weighted by Crippen LogP contribution is 2.22. The van der Waals surface area contributed by atoms with Gasteiger partial charge in [-0.05, 0) is 25.0 Å². The maximum atomic E-state index is 6.09. The van der Waals surface area contributed by atoms with Crippen LogP contribution < -0.4 is 5.32 Å². The van der Waals surface area contributed by atoms with Gasteiger partial charge in [-0.2, -0.15) is 0 Å². The lowest BCUT2D eigenvalue weighted by molar-refractivity contribution is -0.670. The van der Waals surface area contributed by atoms with Gasteiger partial charge in [-0.25, -0.2) is 0 Å². The molecule has 1 aromatic rings. The molecule has 0 aliphatic rings. The normalized spacial score (nSPS) is 10.7. The molecule has 0 aliphatic carbocycles. The number of unbranched alkanes of at least 4 members (excludes halogenated alkanes) is 3. The second kappa shape index (κ2) is 7.94. The molecular formula is C13H20Cl2N+. The van der Waals surface area contributed by atoms with Gasteiger partial charge in [0.05, 0.1) is 16.6 Å². The first-order chi connectivity index (χ1) is 7.75. The molecule has 0 amide bonds. The minimum Gasteiger partial charge on any atom is -0.342 e. The molecule has 0 fully saturated rings. The molecule has 16 heavy (non-hydrogen) atoms. The lowest BCUT2D eigenvalue weighted by Gasteiger charge is -2.05. The summed E-state index contributed by atoms with van der Waals surface area (Å²) in [6.07, 6.45) is 5.22. The van der Waals surface area contributed by atoms with E-state index >= 15 is 0 Å². The number of rotatable bonds is 7. The summed E-state index contributed by atoms with van der Waals surface area (Å²) in [5, 5.41) is 3.83. The van der Waals surface area contributed by atoms with Crippen LogP contribution in [-0.4, -0.2) is 6.54 Å². The van der Waals surface area contributed by atoms with E-state index in [-0.39, 0.29) is 0 Å². The first-order valence-corrected chi connectivity index (χ1v) is 6.76. The summed E-state index contributed by atoms with van der Waals surface area (Å²) in [5.41, 5.74) is 1.06. The highest BCUT2D eigenvalue weighted by atomic mass is 35.5. The van der Waals surface area contributed by atoms with E-state index in [1.807, 2.05) is 18.2 Å². The number of halogens is 2. The molecule has 0 aliphatic heterocycles. The minimum absolute atomic E-state index is 0.775. The molecule has 0 spiro atoms. The fourth-order valence-electron chi connectivity index (χ4n) is 1.69. The van der Waals surface area contributed by atoms with Crippen LogP contribution in [0.5, 0.6) is 0 Å².